The summed E-state index contributed by atoms with van der Waals surface area (Å²) in [5, 5.41) is 10.0. The van der Waals surface area contributed by atoms with E-state index in [1.54, 1.807) is 0 Å². The minimum absolute atomic E-state index is 0.181. The van der Waals surface area contributed by atoms with Crippen LogP contribution in [0.1, 0.15) is 68.6 Å². The first-order valence-electron chi connectivity index (χ1n) is 7.07. The first-order chi connectivity index (χ1) is 8.44. The lowest BCUT2D eigenvalue weighted by Gasteiger charge is -2.35. The lowest BCUT2D eigenvalue weighted by Crippen LogP contribution is -2.39. The smallest absolute Gasteiger partial charge is 0.119 e. The number of phenols is 1. The van der Waals surface area contributed by atoms with Gasteiger partial charge in [-0.2, -0.15) is 0 Å². The second-order valence-corrected chi connectivity index (χ2v) is 6.10. The molecule has 0 unspecified atom stereocenters. The summed E-state index contributed by atoms with van der Waals surface area (Å²) in [7, 11) is 0. The highest BCUT2D eigenvalue weighted by Gasteiger charge is 2.31. The van der Waals surface area contributed by atoms with E-state index in [2.05, 4.69) is 26.8 Å². The molecule has 0 radical (unpaired) electrons. The van der Waals surface area contributed by atoms with Crippen molar-refractivity contribution < 1.29 is 5.11 Å². The van der Waals surface area contributed by atoms with Gasteiger partial charge in [0, 0.05) is 5.54 Å². The standard InChI is InChI=1S/C16H25NO/c1-11(2)13-10-14(12(3)9-15(13)18)16(17)7-5-4-6-8-16/h9-11,18H,4-8,17H2,1-3H3. The number of benzene rings is 1. The SMILES string of the molecule is Cc1cc(O)c(C(C)C)cc1C1(N)CCCCC1. The number of phenolic OH excluding ortho intramolecular Hbond substituents is 1. The van der Waals surface area contributed by atoms with E-state index >= 15 is 0 Å². The van der Waals surface area contributed by atoms with Gasteiger partial charge in [0.25, 0.3) is 0 Å². The van der Waals surface area contributed by atoms with Crippen LogP contribution in [0.4, 0.5) is 0 Å². The molecule has 1 fully saturated rings. The quantitative estimate of drug-likeness (QED) is 0.831. The van der Waals surface area contributed by atoms with Crippen molar-refractivity contribution in [2.24, 2.45) is 5.73 Å². The van der Waals surface area contributed by atoms with Crippen LogP contribution in [0.3, 0.4) is 0 Å². The molecule has 0 atom stereocenters. The van der Waals surface area contributed by atoms with Gasteiger partial charge in [0.2, 0.25) is 0 Å². The summed E-state index contributed by atoms with van der Waals surface area (Å²) in [5.41, 5.74) is 9.82. The largest absolute Gasteiger partial charge is 0.508 e. The Balaban J connectivity index is 2.46. The van der Waals surface area contributed by atoms with E-state index in [1.807, 2.05) is 6.07 Å². The maximum Gasteiger partial charge on any atom is 0.119 e. The van der Waals surface area contributed by atoms with Gasteiger partial charge in [-0.3, -0.25) is 0 Å². The van der Waals surface area contributed by atoms with Crippen LogP contribution in [0.25, 0.3) is 0 Å². The molecule has 100 valence electrons. The van der Waals surface area contributed by atoms with Crippen molar-refractivity contribution in [1.82, 2.24) is 0 Å². The Kier molecular flexibility index (Phi) is 3.67. The Hall–Kier alpha value is -1.02. The van der Waals surface area contributed by atoms with Crippen molar-refractivity contribution in [1.29, 1.82) is 0 Å². The number of hydrogen-bond donors (Lipinski definition) is 2. The molecule has 1 aromatic carbocycles. The molecule has 0 saturated heterocycles. The van der Waals surface area contributed by atoms with E-state index in [0.29, 0.717) is 11.7 Å². The molecule has 0 amide bonds. The van der Waals surface area contributed by atoms with Crippen LogP contribution in [-0.2, 0) is 5.54 Å². The Morgan fingerprint density at radius 1 is 1.17 bits per heavy atom. The fourth-order valence-electron chi connectivity index (χ4n) is 3.16. The highest BCUT2D eigenvalue weighted by Crippen LogP contribution is 2.39. The Labute approximate surface area is 110 Å². The van der Waals surface area contributed by atoms with E-state index in [-0.39, 0.29) is 5.54 Å². The van der Waals surface area contributed by atoms with Crippen molar-refractivity contribution in [3.05, 3.63) is 28.8 Å². The third-order valence-electron chi connectivity index (χ3n) is 4.28. The molecular weight excluding hydrogens is 222 g/mol. The monoisotopic (exact) mass is 247 g/mol. The number of rotatable bonds is 2. The molecule has 3 N–H and O–H groups in total. The summed E-state index contributed by atoms with van der Waals surface area (Å²) in [6.45, 7) is 6.28. The zero-order valence-corrected chi connectivity index (χ0v) is 11.8. The molecule has 2 nitrogen and oxygen atoms in total. The van der Waals surface area contributed by atoms with Gasteiger partial charge in [0.1, 0.15) is 5.75 Å². The van der Waals surface area contributed by atoms with Crippen LogP contribution < -0.4 is 5.73 Å². The molecule has 1 aliphatic carbocycles. The summed E-state index contributed by atoms with van der Waals surface area (Å²) in [4.78, 5) is 0. The van der Waals surface area contributed by atoms with E-state index in [1.165, 1.54) is 24.8 Å². The highest BCUT2D eigenvalue weighted by atomic mass is 16.3. The second kappa shape index (κ2) is 4.93. The maximum atomic E-state index is 10.0. The molecular formula is C16H25NO. The zero-order valence-electron chi connectivity index (χ0n) is 11.8. The first kappa shape index (κ1) is 13.4. The van der Waals surface area contributed by atoms with Crippen LogP contribution in [0, 0.1) is 6.92 Å². The number of hydrogen-bond acceptors (Lipinski definition) is 2. The molecule has 1 aliphatic rings. The van der Waals surface area contributed by atoms with Crippen molar-refractivity contribution in [3.63, 3.8) is 0 Å². The lowest BCUT2D eigenvalue weighted by atomic mass is 9.75. The van der Waals surface area contributed by atoms with Gasteiger partial charge in [-0.25, -0.2) is 0 Å². The fraction of sp³-hybridized carbons (Fsp3) is 0.625. The van der Waals surface area contributed by atoms with Crippen LogP contribution in [0.2, 0.25) is 0 Å². The summed E-state index contributed by atoms with van der Waals surface area (Å²) < 4.78 is 0. The van der Waals surface area contributed by atoms with E-state index in [4.69, 9.17) is 5.73 Å². The molecule has 1 aromatic rings. The van der Waals surface area contributed by atoms with Crippen molar-refractivity contribution in [2.75, 3.05) is 0 Å². The Morgan fingerprint density at radius 3 is 2.33 bits per heavy atom. The predicted octanol–water partition coefficient (Wildman–Crippen LogP) is 3.94. The summed E-state index contributed by atoms with van der Waals surface area (Å²) in [6, 6.07) is 4.02. The molecule has 0 aromatic heterocycles. The fourth-order valence-corrected chi connectivity index (χ4v) is 3.16. The predicted molar refractivity (Wildman–Crippen MR) is 75.9 cm³/mol. The van der Waals surface area contributed by atoms with Crippen LogP contribution in [-0.4, -0.2) is 5.11 Å². The topological polar surface area (TPSA) is 46.2 Å². The number of aromatic hydroxyl groups is 1. The molecule has 1 saturated carbocycles. The molecule has 0 heterocycles. The minimum atomic E-state index is -0.181. The van der Waals surface area contributed by atoms with Gasteiger partial charge in [-0.15, -0.1) is 0 Å². The molecule has 2 heteroatoms. The molecule has 18 heavy (non-hydrogen) atoms. The third-order valence-corrected chi connectivity index (χ3v) is 4.28. The van der Waals surface area contributed by atoms with E-state index in [9.17, 15) is 5.11 Å². The van der Waals surface area contributed by atoms with Crippen molar-refractivity contribution >= 4 is 0 Å². The maximum absolute atomic E-state index is 10.0. The Bertz CT molecular complexity index is 431. The summed E-state index contributed by atoms with van der Waals surface area (Å²) in [5.74, 6) is 0.738. The van der Waals surface area contributed by atoms with E-state index in [0.717, 1.165) is 24.0 Å². The molecule has 0 spiro atoms. The number of nitrogens with two attached hydrogens (primary N) is 1. The number of aryl methyl sites for hydroxylation is 1. The molecule has 0 aliphatic heterocycles. The third kappa shape index (κ3) is 2.39. The Morgan fingerprint density at radius 2 is 1.78 bits per heavy atom. The van der Waals surface area contributed by atoms with Crippen LogP contribution in [0.15, 0.2) is 12.1 Å². The minimum Gasteiger partial charge on any atom is -0.508 e. The highest BCUT2D eigenvalue weighted by molar-refractivity contribution is 5.45. The van der Waals surface area contributed by atoms with Gasteiger partial charge in [0.05, 0.1) is 0 Å². The van der Waals surface area contributed by atoms with Gasteiger partial charge in [-0.1, -0.05) is 33.1 Å². The molecule has 2 rings (SSSR count). The van der Waals surface area contributed by atoms with Crippen LogP contribution >= 0.6 is 0 Å². The average molecular weight is 247 g/mol. The average Bonchev–Trinajstić information content (AvgIpc) is 2.29. The van der Waals surface area contributed by atoms with Crippen molar-refractivity contribution in [3.8, 4) is 5.75 Å². The van der Waals surface area contributed by atoms with Crippen LogP contribution in [0.5, 0.6) is 5.75 Å². The second-order valence-electron chi connectivity index (χ2n) is 6.10. The first-order valence-corrected chi connectivity index (χ1v) is 7.07. The molecule has 0 bridgehead atoms. The van der Waals surface area contributed by atoms with E-state index < -0.39 is 0 Å². The van der Waals surface area contributed by atoms with Gasteiger partial charge in [0.15, 0.2) is 0 Å². The zero-order chi connectivity index (χ0) is 13.3. The normalized spacial score (nSPS) is 19.2. The van der Waals surface area contributed by atoms with Crippen molar-refractivity contribution in [2.45, 2.75) is 64.3 Å². The van der Waals surface area contributed by atoms with Gasteiger partial charge < -0.3 is 10.8 Å². The lowest BCUT2D eigenvalue weighted by molar-refractivity contribution is 0.300. The summed E-state index contributed by atoms with van der Waals surface area (Å²) >= 11 is 0. The van der Waals surface area contributed by atoms with Gasteiger partial charge >= 0.3 is 0 Å². The van der Waals surface area contributed by atoms with Gasteiger partial charge in [-0.05, 0) is 54.5 Å². The summed E-state index contributed by atoms with van der Waals surface area (Å²) in [6.07, 6.45) is 5.86.